The first kappa shape index (κ1) is 22.0. The van der Waals surface area contributed by atoms with Crippen molar-refractivity contribution in [2.75, 3.05) is 32.1 Å². The average Bonchev–Trinajstić information content (AvgIpc) is 3.14. The standard InChI is InChI=1S/C23H25ClFN3O2/c1-27(2)20(23-18(24)5-3-6-19(23)25)15-26-21(29)13-10-16-8-11-17(12-9-16)28-14-4-7-22(28)30/h3,5-6,8-13,20H,4,7,14-15H2,1-2H3,(H,26,29)/b13-10+. The Hall–Kier alpha value is -2.70. The van der Waals surface area contributed by atoms with Gasteiger partial charge in [0.15, 0.2) is 0 Å². The topological polar surface area (TPSA) is 52.7 Å². The summed E-state index contributed by atoms with van der Waals surface area (Å²) in [5.74, 6) is -0.543. The van der Waals surface area contributed by atoms with Crippen molar-refractivity contribution in [3.63, 3.8) is 0 Å². The van der Waals surface area contributed by atoms with E-state index in [9.17, 15) is 14.0 Å². The van der Waals surface area contributed by atoms with Crippen LogP contribution in [0.5, 0.6) is 0 Å². The largest absolute Gasteiger partial charge is 0.351 e. The maximum Gasteiger partial charge on any atom is 0.244 e. The molecule has 1 unspecified atom stereocenters. The van der Waals surface area contributed by atoms with Gasteiger partial charge in [0.2, 0.25) is 11.8 Å². The minimum atomic E-state index is -0.400. The minimum Gasteiger partial charge on any atom is -0.351 e. The molecule has 0 spiro atoms. The van der Waals surface area contributed by atoms with Crippen LogP contribution in [-0.4, -0.2) is 43.9 Å². The van der Waals surface area contributed by atoms with Gasteiger partial charge < -0.3 is 15.1 Å². The molecular formula is C23H25ClFN3O2. The summed E-state index contributed by atoms with van der Waals surface area (Å²) in [7, 11) is 3.62. The van der Waals surface area contributed by atoms with E-state index in [4.69, 9.17) is 11.6 Å². The molecule has 0 aliphatic carbocycles. The van der Waals surface area contributed by atoms with Gasteiger partial charge in [-0.25, -0.2) is 4.39 Å². The third kappa shape index (κ3) is 5.26. The van der Waals surface area contributed by atoms with E-state index in [1.807, 2.05) is 43.3 Å². The highest BCUT2D eigenvalue weighted by Gasteiger charge is 2.22. The van der Waals surface area contributed by atoms with Crippen LogP contribution in [0.1, 0.15) is 30.0 Å². The molecule has 5 nitrogen and oxygen atoms in total. The SMILES string of the molecule is CN(C)C(CNC(=O)/C=C/c1ccc(N2CCCC2=O)cc1)c1c(F)cccc1Cl. The van der Waals surface area contributed by atoms with Crippen LogP contribution in [0, 0.1) is 5.82 Å². The number of hydrogen-bond donors (Lipinski definition) is 1. The molecule has 0 bridgehead atoms. The van der Waals surface area contributed by atoms with Gasteiger partial charge in [0.05, 0.1) is 6.04 Å². The average molecular weight is 430 g/mol. The van der Waals surface area contributed by atoms with Crippen molar-refractivity contribution in [1.82, 2.24) is 10.2 Å². The fourth-order valence-corrected chi connectivity index (χ4v) is 3.78. The van der Waals surface area contributed by atoms with Crippen LogP contribution in [0.2, 0.25) is 5.02 Å². The van der Waals surface area contributed by atoms with Crippen LogP contribution >= 0.6 is 11.6 Å². The van der Waals surface area contributed by atoms with Gasteiger partial charge in [-0.1, -0.05) is 29.8 Å². The van der Waals surface area contributed by atoms with Crippen molar-refractivity contribution in [2.24, 2.45) is 0 Å². The number of rotatable bonds is 7. The van der Waals surface area contributed by atoms with Crippen LogP contribution < -0.4 is 10.2 Å². The van der Waals surface area contributed by atoms with E-state index in [-0.39, 0.29) is 18.4 Å². The highest BCUT2D eigenvalue weighted by atomic mass is 35.5. The molecule has 30 heavy (non-hydrogen) atoms. The quantitative estimate of drug-likeness (QED) is 0.676. The molecule has 1 heterocycles. The summed E-state index contributed by atoms with van der Waals surface area (Å²) in [6, 6.07) is 11.6. The molecule has 0 radical (unpaired) electrons. The zero-order valence-electron chi connectivity index (χ0n) is 17.1. The highest BCUT2D eigenvalue weighted by molar-refractivity contribution is 6.31. The Morgan fingerprint density at radius 3 is 2.60 bits per heavy atom. The summed E-state index contributed by atoms with van der Waals surface area (Å²) in [4.78, 5) is 27.7. The number of likely N-dealkylation sites (N-methyl/N-ethyl adjacent to an activating group) is 1. The maximum atomic E-state index is 14.3. The van der Waals surface area contributed by atoms with Crippen LogP contribution in [0.25, 0.3) is 6.08 Å². The van der Waals surface area contributed by atoms with Crippen LogP contribution in [-0.2, 0) is 9.59 Å². The van der Waals surface area contributed by atoms with Gasteiger partial charge in [-0.3, -0.25) is 9.59 Å². The molecule has 1 saturated heterocycles. The van der Waals surface area contributed by atoms with Crippen LogP contribution in [0.4, 0.5) is 10.1 Å². The van der Waals surface area contributed by atoms with Gasteiger partial charge >= 0.3 is 0 Å². The van der Waals surface area contributed by atoms with Gasteiger partial charge in [-0.2, -0.15) is 0 Å². The lowest BCUT2D eigenvalue weighted by Gasteiger charge is -2.26. The lowest BCUT2D eigenvalue weighted by atomic mass is 10.0. The number of hydrogen-bond acceptors (Lipinski definition) is 3. The second kappa shape index (κ2) is 9.87. The Morgan fingerprint density at radius 2 is 2.00 bits per heavy atom. The van der Waals surface area contributed by atoms with E-state index in [1.54, 1.807) is 23.1 Å². The number of nitrogens with one attached hydrogen (secondary N) is 1. The molecule has 1 aliphatic rings. The van der Waals surface area contributed by atoms with Gasteiger partial charge in [0.1, 0.15) is 5.82 Å². The summed E-state index contributed by atoms with van der Waals surface area (Å²) in [6.07, 6.45) is 4.61. The molecule has 2 aromatic carbocycles. The van der Waals surface area contributed by atoms with Crippen molar-refractivity contribution in [2.45, 2.75) is 18.9 Å². The van der Waals surface area contributed by atoms with E-state index in [2.05, 4.69) is 5.32 Å². The number of carbonyl (C=O) groups excluding carboxylic acids is 2. The highest BCUT2D eigenvalue weighted by Crippen LogP contribution is 2.28. The molecular weight excluding hydrogens is 405 g/mol. The number of nitrogens with zero attached hydrogens (tertiary/aromatic N) is 2. The minimum absolute atomic E-state index is 0.142. The molecule has 0 saturated carbocycles. The molecule has 0 aromatic heterocycles. The van der Waals surface area contributed by atoms with E-state index in [0.29, 0.717) is 17.0 Å². The van der Waals surface area contributed by atoms with Crippen LogP contribution in [0.3, 0.4) is 0 Å². The Bertz CT molecular complexity index is 924. The molecule has 1 atom stereocenters. The normalized spacial score (nSPS) is 15.2. The van der Waals surface area contributed by atoms with Crippen molar-refractivity contribution < 1.29 is 14.0 Å². The van der Waals surface area contributed by atoms with Gasteiger partial charge in [0.25, 0.3) is 0 Å². The monoisotopic (exact) mass is 429 g/mol. The van der Waals surface area contributed by atoms with E-state index >= 15 is 0 Å². The second-order valence-corrected chi connectivity index (χ2v) is 7.84. The summed E-state index contributed by atoms with van der Waals surface area (Å²) in [6.45, 7) is 0.961. The molecule has 2 aromatic rings. The van der Waals surface area contributed by atoms with E-state index in [0.717, 1.165) is 24.2 Å². The molecule has 3 rings (SSSR count). The zero-order valence-corrected chi connectivity index (χ0v) is 17.8. The van der Waals surface area contributed by atoms with Gasteiger partial charge in [-0.15, -0.1) is 0 Å². The van der Waals surface area contributed by atoms with Gasteiger partial charge in [-0.05, 0) is 56.4 Å². The Kier molecular flexibility index (Phi) is 7.24. The summed E-state index contributed by atoms with van der Waals surface area (Å²) >= 11 is 6.18. The van der Waals surface area contributed by atoms with Crippen molar-refractivity contribution >= 4 is 35.2 Å². The lowest BCUT2D eigenvalue weighted by Crippen LogP contribution is -2.34. The third-order valence-electron chi connectivity index (χ3n) is 5.13. The fraction of sp³-hybridized carbons (Fsp3) is 0.304. The Labute approximate surface area is 181 Å². The Balaban J connectivity index is 1.60. The van der Waals surface area contributed by atoms with E-state index in [1.165, 1.54) is 12.1 Å². The third-order valence-corrected chi connectivity index (χ3v) is 5.46. The molecule has 2 amide bonds. The van der Waals surface area contributed by atoms with Crippen LogP contribution in [0.15, 0.2) is 48.5 Å². The first-order valence-corrected chi connectivity index (χ1v) is 10.2. The number of carbonyl (C=O) groups is 2. The molecule has 1 aliphatic heterocycles. The second-order valence-electron chi connectivity index (χ2n) is 7.43. The number of anilines is 1. The number of halogens is 2. The number of amides is 2. The predicted octanol–water partition coefficient (Wildman–Crippen LogP) is 4.04. The van der Waals surface area contributed by atoms with Crippen molar-refractivity contribution in [1.29, 1.82) is 0 Å². The summed E-state index contributed by atoms with van der Waals surface area (Å²) < 4.78 is 14.3. The fourth-order valence-electron chi connectivity index (χ4n) is 3.49. The predicted molar refractivity (Wildman–Crippen MR) is 118 cm³/mol. The smallest absolute Gasteiger partial charge is 0.244 e. The number of benzene rings is 2. The van der Waals surface area contributed by atoms with E-state index < -0.39 is 11.9 Å². The molecule has 1 N–H and O–H groups in total. The molecule has 7 heteroatoms. The zero-order chi connectivity index (χ0) is 21.7. The van der Waals surface area contributed by atoms with Gasteiger partial charge in [0, 0.05) is 41.9 Å². The Morgan fingerprint density at radius 1 is 1.27 bits per heavy atom. The summed E-state index contributed by atoms with van der Waals surface area (Å²) in [5, 5.41) is 3.13. The first-order valence-electron chi connectivity index (χ1n) is 9.83. The molecule has 158 valence electrons. The summed E-state index contributed by atoms with van der Waals surface area (Å²) in [5.41, 5.74) is 2.08. The van der Waals surface area contributed by atoms with Crippen molar-refractivity contribution in [3.05, 3.63) is 70.5 Å². The molecule has 1 fully saturated rings. The lowest BCUT2D eigenvalue weighted by molar-refractivity contribution is -0.117. The maximum absolute atomic E-state index is 14.3. The van der Waals surface area contributed by atoms with Crippen molar-refractivity contribution in [3.8, 4) is 0 Å². The first-order chi connectivity index (χ1) is 14.4.